The first-order valence-corrected chi connectivity index (χ1v) is 8.54. The molecule has 0 aliphatic carbocycles. The maximum absolute atomic E-state index is 12.7. The monoisotopic (exact) mass is 350 g/mol. The van der Waals surface area contributed by atoms with E-state index in [-0.39, 0.29) is 32.1 Å². The Kier molecular flexibility index (Phi) is 7.21. The van der Waals surface area contributed by atoms with Gasteiger partial charge in [-0.25, -0.2) is 0 Å². The fourth-order valence-electron chi connectivity index (χ4n) is 2.96. The molecule has 1 heterocycles. The van der Waals surface area contributed by atoms with Crippen LogP contribution in [0.4, 0.5) is 0 Å². The first-order chi connectivity index (χ1) is 12.1. The van der Waals surface area contributed by atoms with Gasteiger partial charge in [0.25, 0.3) is 5.91 Å². The van der Waals surface area contributed by atoms with E-state index in [4.69, 9.17) is 4.74 Å². The number of amides is 2. The largest absolute Gasteiger partial charge is 0.496 e. The van der Waals surface area contributed by atoms with Gasteiger partial charge in [0.1, 0.15) is 11.9 Å². The fourth-order valence-corrected chi connectivity index (χ4v) is 2.96. The Morgan fingerprint density at radius 2 is 2.12 bits per heavy atom. The lowest BCUT2D eigenvalue weighted by atomic mass is 10.2. The number of carbonyl (C=O) groups excluding carboxylic acids is 2. The minimum atomic E-state index is -1.03. The third-order valence-electron chi connectivity index (χ3n) is 4.35. The average Bonchev–Trinajstić information content (AvgIpc) is 2.77. The van der Waals surface area contributed by atoms with Crippen molar-refractivity contribution in [1.29, 1.82) is 0 Å². The van der Waals surface area contributed by atoms with Crippen molar-refractivity contribution in [2.45, 2.75) is 31.9 Å². The topological polar surface area (TPSA) is 90.3 Å². The summed E-state index contributed by atoms with van der Waals surface area (Å²) in [6.45, 7) is 0.654. The molecule has 0 spiro atoms. The molecule has 1 aliphatic rings. The summed E-state index contributed by atoms with van der Waals surface area (Å²) in [5, 5.41) is 19.1. The number of ether oxygens (including phenoxy) is 1. The van der Waals surface area contributed by atoms with Gasteiger partial charge in [-0.05, 0) is 25.3 Å². The van der Waals surface area contributed by atoms with Crippen molar-refractivity contribution in [2.24, 2.45) is 0 Å². The molecule has 1 aliphatic heterocycles. The molecule has 1 fully saturated rings. The molecule has 0 radical (unpaired) electrons. The first-order valence-electron chi connectivity index (χ1n) is 8.54. The van der Waals surface area contributed by atoms with Crippen LogP contribution in [0.25, 0.3) is 0 Å². The second kappa shape index (κ2) is 9.39. The van der Waals surface area contributed by atoms with Crippen molar-refractivity contribution in [1.82, 2.24) is 9.80 Å². The summed E-state index contributed by atoms with van der Waals surface area (Å²) in [4.78, 5) is 27.7. The van der Waals surface area contributed by atoms with Gasteiger partial charge in [-0.2, -0.15) is 0 Å². The summed E-state index contributed by atoms with van der Waals surface area (Å²) >= 11 is 0. The van der Waals surface area contributed by atoms with Gasteiger partial charge in [0.05, 0.1) is 20.3 Å². The summed E-state index contributed by atoms with van der Waals surface area (Å²) in [6, 6.07) is 7.37. The van der Waals surface area contributed by atoms with Gasteiger partial charge in [0, 0.05) is 25.2 Å². The normalized spacial score (nSPS) is 18.0. The van der Waals surface area contributed by atoms with Crippen LogP contribution in [0.3, 0.4) is 0 Å². The predicted octanol–water partition coefficient (Wildman–Crippen LogP) is 0.389. The number of methoxy groups -OCH3 is 1. The Bertz CT molecular complexity index is 593. The molecule has 2 amide bonds. The van der Waals surface area contributed by atoms with Gasteiger partial charge >= 0.3 is 0 Å². The van der Waals surface area contributed by atoms with E-state index in [9.17, 15) is 19.8 Å². The maximum atomic E-state index is 12.7. The van der Waals surface area contributed by atoms with Crippen LogP contribution in [-0.4, -0.2) is 71.3 Å². The van der Waals surface area contributed by atoms with Crippen LogP contribution in [0, 0.1) is 0 Å². The van der Waals surface area contributed by atoms with Crippen LogP contribution in [0.2, 0.25) is 0 Å². The Morgan fingerprint density at radius 1 is 1.36 bits per heavy atom. The Labute approximate surface area is 147 Å². The van der Waals surface area contributed by atoms with E-state index < -0.39 is 12.0 Å². The molecule has 1 unspecified atom stereocenters. The minimum Gasteiger partial charge on any atom is -0.496 e. The number of hydrogen-bond donors (Lipinski definition) is 2. The number of likely N-dealkylation sites (tertiary alicyclic amines) is 1. The molecule has 7 heteroatoms. The minimum absolute atomic E-state index is 0.0922. The van der Waals surface area contributed by atoms with Crippen molar-refractivity contribution in [3.63, 3.8) is 0 Å². The number of aliphatic hydroxyl groups excluding tert-OH is 2. The Balaban J connectivity index is 2.08. The van der Waals surface area contributed by atoms with Crippen LogP contribution in [0.1, 0.15) is 24.8 Å². The second-order valence-electron chi connectivity index (χ2n) is 6.12. The Morgan fingerprint density at radius 3 is 2.84 bits per heavy atom. The number of rotatable bonds is 7. The molecule has 7 nitrogen and oxygen atoms in total. The zero-order valence-electron chi connectivity index (χ0n) is 14.6. The van der Waals surface area contributed by atoms with Gasteiger partial charge < -0.3 is 24.7 Å². The molecular weight excluding hydrogens is 324 g/mol. The number of para-hydroxylation sites is 1. The highest BCUT2D eigenvalue weighted by atomic mass is 16.5. The number of hydrogen-bond acceptors (Lipinski definition) is 5. The third kappa shape index (κ3) is 5.17. The van der Waals surface area contributed by atoms with Crippen molar-refractivity contribution >= 4 is 11.8 Å². The zero-order chi connectivity index (χ0) is 18.2. The fraction of sp³-hybridized carbons (Fsp3) is 0.556. The number of benzene rings is 1. The first kappa shape index (κ1) is 19.2. The summed E-state index contributed by atoms with van der Waals surface area (Å²) in [6.07, 6.45) is 0.933. The van der Waals surface area contributed by atoms with Gasteiger partial charge in [0.2, 0.25) is 5.91 Å². The highest BCUT2D eigenvalue weighted by molar-refractivity contribution is 5.87. The molecule has 1 atom stereocenters. The molecule has 0 bridgehead atoms. The van der Waals surface area contributed by atoms with Crippen molar-refractivity contribution in [3.8, 4) is 5.75 Å². The zero-order valence-corrected chi connectivity index (χ0v) is 14.6. The molecule has 2 rings (SSSR count). The third-order valence-corrected chi connectivity index (χ3v) is 4.35. The molecule has 0 saturated carbocycles. The van der Waals surface area contributed by atoms with Crippen LogP contribution in [0.15, 0.2) is 24.3 Å². The van der Waals surface area contributed by atoms with Crippen LogP contribution >= 0.6 is 0 Å². The highest BCUT2D eigenvalue weighted by Crippen LogP contribution is 2.19. The van der Waals surface area contributed by atoms with E-state index in [1.54, 1.807) is 7.11 Å². The van der Waals surface area contributed by atoms with E-state index in [2.05, 4.69) is 0 Å². The molecule has 138 valence electrons. The average molecular weight is 350 g/mol. The van der Waals surface area contributed by atoms with Gasteiger partial charge in [0.15, 0.2) is 0 Å². The molecule has 0 aromatic heterocycles. The Hall–Kier alpha value is -2.12. The number of nitrogens with zero attached hydrogens (tertiary/aromatic N) is 2. The summed E-state index contributed by atoms with van der Waals surface area (Å²) in [5.41, 5.74) is 0.828. The van der Waals surface area contributed by atoms with Crippen LogP contribution in [0.5, 0.6) is 5.75 Å². The van der Waals surface area contributed by atoms with E-state index in [0.717, 1.165) is 18.4 Å². The quantitative estimate of drug-likeness (QED) is 0.742. The highest BCUT2D eigenvalue weighted by Gasteiger charge is 2.28. The standard InChI is InChI=1S/C18H26N2O5/c1-25-16-8-3-2-6-14(16)12-19(10-11-21)17(23)13-20-9-5-4-7-15(22)18(20)24/h2-3,6,8,15,21-22H,4-5,7,9-13H2,1H3. The van der Waals surface area contributed by atoms with Crippen molar-refractivity contribution in [3.05, 3.63) is 29.8 Å². The predicted molar refractivity (Wildman–Crippen MR) is 91.9 cm³/mol. The number of aliphatic hydroxyl groups is 2. The lowest BCUT2D eigenvalue weighted by molar-refractivity contribution is -0.145. The summed E-state index contributed by atoms with van der Waals surface area (Å²) < 4.78 is 5.30. The summed E-state index contributed by atoms with van der Waals surface area (Å²) in [5.74, 6) is 0.00834. The van der Waals surface area contributed by atoms with E-state index >= 15 is 0 Å². The molecule has 1 saturated heterocycles. The van der Waals surface area contributed by atoms with Gasteiger partial charge in [-0.1, -0.05) is 18.2 Å². The maximum Gasteiger partial charge on any atom is 0.251 e. The van der Waals surface area contributed by atoms with E-state index in [1.165, 1.54) is 9.80 Å². The van der Waals surface area contributed by atoms with Crippen molar-refractivity contribution in [2.75, 3.05) is 33.4 Å². The van der Waals surface area contributed by atoms with Crippen LogP contribution < -0.4 is 4.74 Å². The smallest absolute Gasteiger partial charge is 0.251 e. The van der Waals surface area contributed by atoms with Gasteiger partial charge in [-0.15, -0.1) is 0 Å². The van der Waals surface area contributed by atoms with Crippen LogP contribution in [-0.2, 0) is 16.1 Å². The van der Waals surface area contributed by atoms with E-state index in [1.807, 2.05) is 24.3 Å². The van der Waals surface area contributed by atoms with Gasteiger partial charge in [-0.3, -0.25) is 9.59 Å². The molecule has 1 aromatic carbocycles. The lowest BCUT2D eigenvalue weighted by Crippen LogP contribution is -2.46. The SMILES string of the molecule is COc1ccccc1CN(CCO)C(=O)CN1CCCCC(O)C1=O. The molecule has 1 aromatic rings. The lowest BCUT2D eigenvalue weighted by Gasteiger charge is -2.27. The molecule has 2 N–H and O–H groups in total. The second-order valence-corrected chi connectivity index (χ2v) is 6.12. The summed E-state index contributed by atoms with van der Waals surface area (Å²) in [7, 11) is 1.56. The number of carbonyl (C=O) groups is 2. The van der Waals surface area contributed by atoms with Crippen molar-refractivity contribution < 1.29 is 24.5 Å². The molecular formula is C18H26N2O5. The molecule has 25 heavy (non-hydrogen) atoms. The van der Waals surface area contributed by atoms with E-state index in [0.29, 0.717) is 18.7 Å².